The molecular formula is C16H20N4. The minimum absolute atomic E-state index is 0.246. The van der Waals surface area contributed by atoms with Crippen LogP contribution in [0.1, 0.15) is 25.5 Å². The molecule has 2 heterocycles. The van der Waals surface area contributed by atoms with Crippen LogP contribution >= 0.6 is 0 Å². The summed E-state index contributed by atoms with van der Waals surface area (Å²) in [6.45, 7) is 5.93. The Morgan fingerprint density at radius 3 is 2.75 bits per heavy atom. The summed E-state index contributed by atoms with van der Waals surface area (Å²) in [4.78, 5) is 2.42. The van der Waals surface area contributed by atoms with Gasteiger partial charge in [-0.15, -0.1) is 0 Å². The lowest BCUT2D eigenvalue weighted by Crippen LogP contribution is -2.33. The van der Waals surface area contributed by atoms with Crippen molar-refractivity contribution in [1.82, 2.24) is 14.7 Å². The normalized spacial score (nSPS) is 17.4. The zero-order valence-corrected chi connectivity index (χ0v) is 11.9. The average molecular weight is 268 g/mol. The number of aromatic nitrogens is 2. The summed E-state index contributed by atoms with van der Waals surface area (Å²) in [5.74, 6) is 0.246. The predicted octanol–water partition coefficient (Wildman–Crippen LogP) is 2.79. The number of fused-ring (bicyclic) bond motifs is 1. The van der Waals surface area contributed by atoms with Crippen LogP contribution < -0.4 is 0 Å². The molecule has 0 aliphatic carbocycles. The van der Waals surface area contributed by atoms with E-state index in [1.807, 2.05) is 0 Å². The molecule has 0 unspecified atom stereocenters. The molecule has 0 amide bonds. The highest BCUT2D eigenvalue weighted by atomic mass is 15.3. The number of para-hydroxylation sites is 1. The SMILES string of the molecule is CCn1nc(CN2CCC(C#N)CC2)c2ccccc21. The van der Waals surface area contributed by atoms with Gasteiger partial charge < -0.3 is 0 Å². The zero-order valence-electron chi connectivity index (χ0n) is 11.9. The second-order valence-electron chi connectivity index (χ2n) is 5.46. The molecule has 1 saturated heterocycles. The lowest BCUT2D eigenvalue weighted by molar-refractivity contribution is 0.196. The van der Waals surface area contributed by atoms with Crippen molar-refractivity contribution in [3.63, 3.8) is 0 Å². The molecule has 0 N–H and O–H groups in total. The lowest BCUT2D eigenvalue weighted by Gasteiger charge is -2.28. The van der Waals surface area contributed by atoms with Gasteiger partial charge in [0.25, 0.3) is 0 Å². The molecule has 3 rings (SSSR count). The van der Waals surface area contributed by atoms with Gasteiger partial charge in [0, 0.05) is 24.4 Å². The van der Waals surface area contributed by atoms with Crippen LogP contribution in [-0.4, -0.2) is 27.8 Å². The van der Waals surface area contributed by atoms with Gasteiger partial charge in [0.2, 0.25) is 0 Å². The highest BCUT2D eigenvalue weighted by molar-refractivity contribution is 5.81. The smallest absolute Gasteiger partial charge is 0.0843 e. The average Bonchev–Trinajstić information content (AvgIpc) is 2.86. The highest BCUT2D eigenvalue weighted by Crippen LogP contribution is 2.22. The van der Waals surface area contributed by atoms with Crippen LogP contribution in [0.3, 0.4) is 0 Å². The summed E-state index contributed by atoms with van der Waals surface area (Å²) < 4.78 is 2.08. The third-order valence-corrected chi connectivity index (χ3v) is 4.18. The number of nitriles is 1. The molecule has 104 valence electrons. The van der Waals surface area contributed by atoms with Gasteiger partial charge in [-0.1, -0.05) is 18.2 Å². The van der Waals surface area contributed by atoms with Gasteiger partial charge in [-0.25, -0.2) is 0 Å². The second kappa shape index (κ2) is 5.64. The van der Waals surface area contributed by atoms with Gasteiger partial charge in [-0.2, -0.15) is 10.4 Å². The number of nitrogens with zero attached hydrogens (tertiary/aromatic N) is 4. The standard InChI is InChI=1S/C16H20N4/c1-2-20-16-6-4-3-5-14(16)15(18-20)12-19-9-7-13(11-17)8-10-19/h3-6,13H,2,7-10,12H2,1H3. The van der Waals surface area contributed by atoms with E-state index >= 15 is 0 Å². The van der Waals surface area contributed by atoms with E-state index in [0.29, 0.717) is 0 Å². The third-order valence-electron chi connectivity index (χ3n) is 4.18. The topological polar surface area (TPSA) is 44.9 Å². The number of hydrogen-bond acceptors (Lipinski definition) is 3. The van der Waals surface area contributed by atoms with Crippen LogP contribution in [0.15, 0.2) is 24.3 Å². The molecular weight excluding hydrogens is 248 g/mol. The molecule has 0 radical (unpaired) electrons. The monoisotopic (exact) mass is 268 g/mol. The van der Waals surface area contributed by atoms with E-state index in [4.69, 9.17) is 10.4 Å². The first-order valence-electron chi connectivity index (χ1n) is 7.38. The quantitative estimate of drug-likeness (QED) is 0.860. The van der Waals surface area contributed by atoms with Crippen LogP contribution in [-0.2, 0) is 13.1 Å². The molecule has 4 nitrogen and oxygen atoms in total. The summed E-state index contributed by atoms with van der Waals surface area (Å²) in [7, 11) is 0. The molecule has 2 aromatic rings. The van der Waals surface area contributed by atoms with Crippen molar-refractivity contribution in [3.8, 4) is 6.07 Å². The number of likely N-dealkylation sites (tertiary alicyclic amines) is 1. The van der Waals surface area contributed by atoms with Crippen molar-refractivity contribution in [1.29, 1.82) is 5.26 Å². The number of piperidine rings is 1. The number of aryl methyl sites for hydroxylation is 1. The van der Waals surface area contributed by atoms with E-state index in [1.54, 1.807) is 0 Å². The van der Waals surface area contributed by atoms with Crippen molar-refractivity contribution in [3.05, 3.63) is 30.0 Å². The van der Waals surface area contributed by atoms with E-state index in [1.165, 1.54) is 10.9 Å². The molecule has 20 heavy (non-hydrogen) atoms. The maximum atomic E-state index is 8.96. The largest absolute Gasteiger partial charge is 0.297 e. The van der Waals surface area contributed by atoms with Gasteiger partial charge >= 0.3 is 0 Å². The summed E-state index contributed by atoms with van der Waals surface area (Å²) in [5, 5.41) is 15.0. The van der Waals surface area contributed by atoms with Gasteiger partial charge in [0.05, 0.1) is 17.3 Å². The summed E-state index contributed by atoms with van der Waals surface area (Å²) in [5.41, 5.74) is 2.38. The maximum absolute atomic E-state index is 8.96. The van der Waals surface area contributed by atoms with E-state index in [9.17, 15) is 0 Å². The molecule has 4 heteroatoms. The fourth-order valence-electron chi connectivity index (χ4n) is 2.99. The highest BCUT2D eigenvalue weighted by Gasteiger charge is 2.20. The number of rotatable bonds is 3. The molecule has 1 aliphatic rings. The number of benzene rings is 1. The van der Waals surface area contributed by atoms with E-state index in [2.05, 4.69) is 46.8 Å². The lowest BCUT2D eigenvalue weighted by atomic mass is 9.98. The van der Waals surface area contributed by atoms with E-state index < -0.39 is 0 Å². The van der Waals surface area contributed by atoms with Crippen molar-refractivity contribution in [2.24, 2.45) is 5.92 Å². The van der Waals surface area contributed by atoms with Crippen LogP contribution in [0.5, 0.6) is 0 Å². The molecule has 1 fully saturated rings. The van der Waals surface area contributed by atoms with E-state index in [-0.39, 0.29) is 5.92 Å². The van der Waals surface area contributed by atoms with Crippen LogP contribution in [0, 0.1) is 17.2 Å². The summed E-state index contributed by atoms with van der Waals surface area (Å²) in [6.07, 6.45) is 1.98. The number of hydrogen-bond donors (Lipinski definition) is 0. The first kappa shape index (κ1) is 13.1. The first-order valence-corrected chi connectivity index (χ1v) is 7.38. The minimum Gasteiger partial charge on any atom is -0.297 e. The zero-order chi connectivity index (χ0) is 13.9. The van der Waals surface area contributed by atoms with Crippen molar-refractivity contribution in [2.75, 3.05) is 13.1 Å². The Balaban J connectivity index is 1.80. The van der Waals surface area contributed by atoms with Gasteiger partial charge in [-0.05, 0) is 38.9 Å². The van der Waals surface area contributed by atoms with Crippen molar-refractivity contribution >= 4 is 10.9 Å². The molecule has 1 aliphatic heterocycles. The molecule has 1 aromatic heterocycles. The Bertz CT molecular complexity index is 629. The van der Waals surface area contributed by atoms with E-state index in [0.717, 1.165) is 44.7 Å². The Hall–Kier alpha value is -1.86. The summed E-state index contributed by atoms with van der Waals surface area (Å²) >= 11 is 0. The fourth-order valence-corrected chi connectivity index (χ4v) is 2.99. The molecule has 0 atom stereocenters. The molecule has 0 spiro atoms. The van der Waals surface area contributed by atoms with Gasteiger partial charge in [-0.3, -0.25) is 9.58 Å². The first-order chi connectivity index (χ1) is 9.81. The second-order valence-corrected chi connectivity index (χ2v) is 5.46. The van der Waals surface area contributed by atoms with Gasteiger partial charge in [0.15, 0.2) is 0 Å². The van der Waals surface area contributed by atoms with Crippen molar-refractivity contribution < 1.29 is 0 Å². The maximum Gasteiger partial charge on any atom is 0.0843 e. The Labute approximate surface area is 119 Å². The van der Waals surface area contributed by atoms with Crippen LogP contribution in [0.25, 0.3) is 10.9 Å². The summed E-state index contributed by atoms with van der Waals surface area (Å²) in [6, 6.07) is 10.8. The fraction of sp³-hybridized carbons (Fsp3) is 0.500. The Kier molecular flexibility index (Phi) is 3.70. The predicted molar refractivity (Wildman–Crippen MR) is 79.0 cm³/mol. The van der Waals surface area contributed by atoms with Crippen molar-refractivity contribution in [2.45, 2.75) is 32.9 Å². The molecule has 1 aromatic carbocycles. The Morgan fingerprint density at radius 2 is 2.05 bits per heavy atom. The third kappa shape index (κ3) is 2.41. The van der Waals surface area contributed by atoms with Crippen LogP contribution in [0.4, 0.5) is 0 Å². The molecule has 0 bridgehead atoms. The minimum atomic E-state index is 0.246. The van der Waals surface area contributed by atoms with Gasteiger partial charge in [0.1, 0.15) is 0 Å². The Morgan fingerprint density at radius 1 is 1.30 bits per heavy atom. The molecule has 0 saturated carbocycles. The van der Waals surface area contributed by atoms with Crippen LogP contribution in [0.2, 0.25) is 0 Å².